The van der Waals surface area contributed by atoms with E-state index in [1.54, 1.807) is 25.1 Å². The molecule has 1 amide bonds. The number of benzene rings is 2. The number of phenolic OH excluding ortho intramolecular Hbond substituents is 1. The standard InChI is InChI=1S/C19H23NO3/c1-14(20(2)13-21)11-17(15-7-5-4-6-8-15)16-9-10-18(22)19(12-16)23-3/h4-10,12-14,17,22H,11H2,1-3H3/t14-,17+/m1/s1. The average Bonchev–Trinajstić information content (AvgIpc) is 2.60. The van der Waals surface area contributed by atoms with Crippen LogP contribution < -0.4 is 4.74 Å². The number of carbonyl (C=O) groups excluding carboxylic acids is 1. The fraction of sp³-hybridized carbons (Fsp3) is 0.316. The van der Waals surface area contributed by atoms with Crippen molar-refractivity contribution in [2.24, 2.45) is 0 Å². The highest BCUT2D eigenvalue weighted by Gasteiger charge is 2.20. The van der Waals surface area contributed by atoms with E-state index in [4.69, 9.17) is 4.74 Å². The minimum absolute atomic E-state index is 0.0949. The van der Waals surface area contributed by atoms with Crippen molar-refractivity contribution < 1.29 is 14.6 Å². The molecule has 122 valence electrons. The molecule has 23 heavy (non-hydrogen) atoms. The van der Waals surface area contributed by atoms with Gasteiger partial charge in [-0.15, -0.1) is 0 Å². The van der Waals surface area contributed by atoms with E-state index in [1.165, 1.54) is 5.56 Å². The number of hydrogen-bond donors (Lipinski definition) is 1. The summed E-state index contributed by atoms with van der Waals surface area (Å²) in [6.45, 7) is 2.03. The topological polar surface area (TPSA) is 49.8 Å². The quantitative estimate of drug-likeness (QED) is 0.797. The van der Waals surface area contributed by atoms with Crippen molar-refractivity contribution in [3.8, 4) is 11.5 Å². The van der Waals surface area contributed by atoms with Gasteiger partial charge in [-0.05, 0) is 36.6 Å². The molecule has 0 bridgehead atoms. The fourth-order valence-corrected chi connectivity index (χ4v) is 2.67. The lowest BCUT2D eigenvalue weighted by Gasteiger charge is -2.27. The van der Waals surface area contributed by atoms with Gasteiger partial charge >= 0.3 is 0 Å². The molecule has 4 nitrogen and oxygen atoms in total. The Balaban J connectivity index is 2.39. The Morgan fingerprint density at radius 1 is 1.17 bits per heavy atom. The summed E-state index contributed by atoms with van der Waals surface area (Å²) in [6, 6.07) is 15.7. The zero-order chi connectivity index (χ0) is 16.8. The number of ether oxygens (including phenoxy) is 1. The molecule has 4 heteroatoms. The van der Waals surface area contributed by atoms with Gasteiger partial charge in [-0.3, -0.25) is 4.79 Å². The molecule has 2 atom stereocenters. The van der Waals surface area contributed by atoms with Gasteiger partial charge in [-0.2, -0.15) is 0 Å². The van der Waals surface area contributed by atoms with Crippen LogP contribution in [-0.4, -0.2) is 36.6 Å². The normalized spacial score (nSPS) is 13.2. The molecule has 2 aromatic carbocycles. The molecule has 0 aliphatic carbocycles. The number of aromatic hydroxyl groups is 1. The second-order valence-electron chi connectivity index (χ2n) is 5.75. The van der Waals surface area contributed by atoms with Gasteiger partial charge in [0.2, 0.25) is 6.41 Å². The Morgan fingerprint density at radius 2 is 1.87 bits per heavy atom. The second kappa shape index (κ2) is 7.68. The first-order chi connectivity index (χ1) is 11.1. The maximum Gasteiger partial charge on any atom is 0.209 e. The molecule has 1 N–H and O–H groups in total. The predicted molar refractivity (Wildman–Crippen MR) is 90.8 cm³/mol. The number of hydrogen-bond acceptors (Lipinski definition) is 3. The van der Waals surface area contributed by atoms with Crippen LogP contribution in [0, 0.1) is 0 Å². The highest BCUT2D eigenvalue weighted by molar-refractivity contribution is 5.48. The van der Waals surface area contributed by atoms with Crippen LogP contribution in [0.1, 0.15) is 30.4 Å². The first-order valence-electron chi connectivity index (χ1n) is 7.66. The number of carbonyl (C=O) groups is 1. The van der Waals surface area contributed by atoms with Crippen LogP contribution in [-0.2, 0) is 4.79 Å². The lowest BCUT2D eigenvalue weighted by atomic mass is 9.86. The predicted octanol–water partition coefficient (Wildman–Crippen LogP) is 3.40. The average molecular weight is 313 g/mol. The molecule has 0 spiro atoms. The van der Waals surface area contributed by atoms with Crippen molar-refractivity contribution in [2.75, 3.05) is 14.2 Å². The van der Waals surface area contributed by atoms with Crippen LogP contribution in [0.3, 0.4) is 0 Å². The third kappa shape index (κ3) is 4.03. The molecule has 0 aliphatic heterocycles. The number of phenols is 1. The minimum atomic E-state index is 0.0949. The van der Waals surface area contributed by atoms with Crippen LogP contribution in [0.25, 0.3) is 0 Å². The fourth-order valence-electron chi connectivity index (χ4n) is 2.67. The van der Waals surface area contributed by atoms with Crippen molar-refractivity contribution >= 4 is 6.41 Å². The van der Waals surface area contributed by atoms with Gasteiger partial charge in [0.1, 0.15) is 0 Å². The van der Waals surface area contributed by atoms with Crippen LogP contribution >= 0.6 is 0 Å². The van der Waals surface area contributed by atoms with Crippen molar-refractivity contribution in [3.05, 3.63) is 59.7 Å². The minimum Gasteiger partial charge on any atom is -0.504 e. The third-order valence-corrected chi connectivity index (χ3v) is 4.25. The molecule has 0 aromatic heterocycles. The Hall–Kier alpha value is -2.49. The van der Waals surface area contributed by atoms with Crippen LogP contribution in [0.15, 0.2) is 48.5 Å². The maximum atomic E-state index is 11.0. The van der Waals surface area contributed by atoms with Crippen LogP contribution in [0.4, 0.5) is 0 Å². The molecule has 2 aromatic rings. The molecule has 0 aliphatic rings. The molecule has 2 rings (SSSR count). The van der Waals surface area contributed by atoms with Gasteiger partial charge in [-0.1, -0.05) is 36.4 Å². The van der Waals surface area contributed by atoms with Crippen molar-refractivity contribution in [1.29, 1.82) is 0 Å². The summed E-state index contributed by atoms with van der Waals surface area (Å²) < 4.78 is 5.23. The monoisotopic (exact) mass is 313 g/mol. The van der Waals surface area contributed by atoms with Gasteiger partial charge in [0, 0.05) is 19.0 Å². The van der Waals surface area contributed by atoms with Crippen LogP contribution in [0.2, 0.25) is 0 Å². The highest BCUT2D eigenvalue weighted by atomic mass is 16.5. The van der Waals surface area contributed by atoms with E-state index in [2.05, 4.69) is 12.1 Å². The van der Waals surface area contributed by atoms with E-state index in [0.717, 1.165) is 18.4 Å². The van der Waals surface area contributed by atoms with Crippen molar-refractivity contribution in [3.63, 3.8) is 0 Å². The maximum absolute atomic E-state index is 11.0. The second-order valence-corrected chi connectivity index (χ2v) is 5.75. The number of amides is 1. The Kier molecular flexibility index (Phi) is 5.63. The SMILES string of the molecule is COc1cc([C@@H](C[C@@H](C)N(C)C=O)c2ccccc2)ccc1O. The molecule has 0 heterocycles. The summed E-state index contributed by atoms with van der Waals surface area (Å²) in [7, 11) is 3.33. The Morgan fingerprint density at radius 3 is 2.48 bits per heavy atom. The number of nitrogens with zero attached hydrogens (tertiary/aromatic N) is 1. The lowest BCUT2D eigenvalue weighted by Crippen LogP contribution is -2.29. The highest BCUT2D eigenvalue weighted by Crippen LogP contribution is 2.35. The summed E-state index contributed by atoms with van der Waals surface area (Å²) in [5, 5.41) is 9.82. The van der Waals surface area contributed by atoms with Gasteiger partial charge in [0.25, 0.3) is 0 Å². The summed E-state index contributed by atoms with van der Waals surface area (Å²) in [5.41, 5.74) is 2.23. The molecule has 0 unspecified atom stereocenters. The van der Waals surface area contributed by atoms with Gasteiger partial charge in [0.05, 0.1) is 7.11 Å². The molecular weight excluding hydrogens is 290 g/mol. The third-order valence-electron chi connectivity index (χ3n) is 4.25. The smallest absolute Gasteiger partial charge is 0.209 e. The first kappa shape index (κ1) is 16.9. The Labute approximate surface area is 137 Å². The molecular formula is C19H23NO3. The van der Waals surface area contributed by atoms with E-state index in [-0.39, 0.29) is 17.7 Å². The van der Waals surface area contributed by atoms with E-state index in [0.29, 0.717) is 5.75 Å². The summed E-state index contributed by atoms with van der Waals surface area (Å²) in [5.74, 6) is 0.698. The van der Waals surface area contributed by atoms with E-state index >= 15 is 0 Å². The van der Waals surface area contributed by atoms with E-state index in [1.807, 2.05) is 37.3 Å². The van der Waals surface area contributed by atoms with Crippen molar-refractivity contribution in [1.82, 2.24) is 4.90 Å². The largest absolute Gasteiger partial charge is 0.504 e. The van der Waals surface area contributed by atoms with Crippen molar-refractivity contribution in [2.45, 2.75) is 25.3 Å². The zero-order valence-electron chi connectivity index (χ0n) is 13.8. The van der Waals surface area contributed by atoms with Gasteiger partial charge in [-0.25, -0.2) is 0 Å². The zero-order valence-corrected chi connectivity index (χ0v) is 13.8. The summed E-state index contributed by atoms with van der Waals surface area (Å²) in [6.07, 6.45) is 1.64. The first-order valence-corrected chi connectivity index (χ1v) is 7.66. The molecule has 0 radical (unpaired) electrons. The van der Waals surface area contributed by atoms with Gasteiger partial charge in [0.15, 0.2) is 11.5 Å². The molecule has 0 saturated carbocycles. The van der Waals surface area contributed by atoms with E-state index < -0.39 is 0 Å². The number of rotatable bonds is 7. The number of methoxy groups -OCH3 is 1. The summed E-state index contributed by atoms with van der Waals surface area (Å²) in [4.78, 5) is 12.7. The Bertz CT molecular complexity index is 642. The molecule has 0 fully saturated rings. The molecule has 0 saturated heterocycles. The summed E-state index contributed by atoms with van der Waals surface area (Å²) >= 11 is 0. The van der Waals surface area contributed by atoms with Gasteiger partial charge < -0.3 is 14.7 Å². The van der Waals surface area contributed by atoms with E-state index in [9.17, 15) is 9.90 Å². The van der Waals surface area contributed by atoms with Crippen LogP contribution in [0.5, 0.6) is 11.5 Å². The lowest BCUT2D eigenvalue weighted by molar-refractivity contribution is -0.118.